The first-order valence-electron chi connectivity index (χ1n) is 9.31. The van der Waals surface area contributed by atoms with Gasteiger partial charge in [0.25, 0.3) is 0 Å². The molecule has 27 heavy (non-hydrogen) atoms. The highest BCUT2D eigenvalue weighted by Crippen LogP contribution is 2.25. The van der Waals surface area contributed by atoms with Crippen LogP contribution in [0.5, 0.6) is 0 Å². The topological polar surface area (TPSA) is 81.3 Å². The van der Waals surface area contributed by atoms with Gasteiger partial charge in [0.15, 0.2) is 0 Å². The van der Waals surface area contributed by atoms with Crippen molar-refractivity contribution in [3.63, 3.8) is 0 Å². The van der Waals surface area contributed by atoms with Crippen molar-refractivity contribution in [3.8, 4) is 10.6 Å². The summed E-state index contributed by atoms with van der Waals surface area (Å²) in [5.41, 5.74) is 1.97. The fourth-order valence-electron chi connectivity index (χ4n) is 3.33. The molecule has 0 spiro atoms. The second-order valence-corrected chi connectivity index (χ2v) is 8.09. The number of amides is 2. The number of imidazole rings is 1. The Morgan fingerprint density at radius 3 is 3.07 bits per heavy atom. The van der Waals surface area contributed by atoms with Crippen LogP contribution in [0.1, 0.15) is 18.5 Å². The van der Waals surface area contributed by atoms with Gasteiger partial charge in [-0.3, -0.25) is 9.59 Å². The van der Waals surface area contributed by atoms with E-state index >= 15 is 0 Å². The lowest BCUT2D eigenvalue weighted by Crippen LogP contribution is -2.34. The average molecular weight is 390 g/mol. The molecular weight excluding hydrogens is 362 g/mol. The Kier molecular flexibility index (Phi) is 6.63. The molecule has 1 aliphatic heterocycles. The minimum absolute atomic E-state index is 0.0318. The molecule has 0 bridgehead atoms. The van der Waals surface area contributed by atoms with Crippen LogP contribution in [0.25, 0.3) is 10.6 Å². The summed E-state index contributed by atoms with van der Waals surface area (Å²) >= 11 is 1.65. The number of aromatic nitrogens is 2. The SMILES string of the molecule is CN(C)CCCN1CC(C(=O)NCCc2[nH]cnc2-c2cccs2)CC1=O. The van der Waals surface area contributed by atoms with Crippen molar-refractivity contribution in [2.24, 2.45) is 5.92 Å². The first-order chi connectivity index (χ1) is 13.0. The molecule has 1 unspecified atom stereocenters. The van der Waals surface area contributed by atoms with Gasteiger partial charge in [0.1, 0.15) is 5.69 Å². The lowest BCUT2D eigenvalue weighted by Gasteiger charge is -2.18. The first kappa shape index (κ1) is 19.6. The number of nitrogens with zero attached hydrogens (tertiary/aromatic N) is 3. The number of hydrogen-bond acceptors (Lipinski definition) is 5. The van der Waals surface area contributed by atoms with Crippen molar-refractivity contribution in [1.82, 2.24) is 25.1 Å². The van der Waals surface area contributed by atoms with E-state index < -0.39 is 0 Å². The molecule has 7 nitrogen and oxygen atoms in total. The Labute approximate surface area is 163 Å². The highest BCUT2D eigenvalue weighted by Gasteiger charge is 2.33. The Hall–Kier alpha value is -2.19. The average Bonchev–Trinajstić information content (AvgIpc) is 3.35. The molecule has 3 heterocycles. The predicted octanol–water partition coefficient (Wildman–Crippen LogP) is 1.60. The molecular formula is C19H27N5O2S. The molecule has 0 radical (unpaired) electrons. The van der Waals surface area contributed by atoms with Crippen molar-refractivity contribution >= 4 is 23.2 Å². The monoisotopic (exact) mass is 389 g/mol. The molecule has 1 atom stereocenters. The van der Waals surface area contributed by atoms with Crippen molar-refractivity contribution in [3.05, 3.63) is 29.5 Å². The standard InChI is InChI=1S/C19H27N5O2S/c1-23(2)8-4-9-24-12-14(11-17(24)25)19(26)20-7-6-15-18(22-13-21-15)16-5-3-10-27-16/h3,5,10,13-14H,4,6-9,11-12H2,1-2H3,(H,20,26)(H,21,22). The molecule has 2 N–H and O–H groups in total. The van der Waals surface area contributed by atoms with Gasteiger partial charge in [0, 0.05) is 38.2 Å². The molecule has 2 aromatic rings. The second kappa shape index (κ2) is 9.14. The smallest absolute Gasteiger partial charge is 0.225 e. The molecule has 1 aliphatic rings. The minimum atomic E-state index is -0.240. The Bertz CT molecular complexity index is 756. The van der Waals surface area contributed by atoms with E-state index in [-0.39, 0.29) is 17.7 Å². The van der Waals surface area contributed by atoms with Gasteiger partial charge in [-0.2, -0.15) is 0 Å². The number of H-pyrrole nitrogens is 1. The van der Waals surface area contributed by atoms with E-state index in [0.717, 1.165) is 35.8 Å². The quantitative estimate of drug-likeness (QED) is 0.683. The summed E-state index contributed by atoms with van der Waals surface area (Å²) in [7, 11) is 4.04. The lowest BCUT2D eigenvalue weighted by atomic mass is 10.1. The summed E-state index contributed by atoms with van der Waals surface area (Å²) in [6, 6.07) is 4.04. The van der Waals surface area contributed by atoms with Crippen molar-refractivity contribution in [2.45, 2.75) is 19.3 Å². The van der Waals surface area contributed by atoms with Crippen LogP contribution in [0.2, 0.25) is 0 Å². The molecule has 3 rings (SSSR count). The maximum absolute atomic E-state index is 12.4. The molecule has 1 saturated heterocycles. The number of aromatic amines is 1. The van der Waals surface area contributed by atoms with Gasteiger partial charge in [-0.05, 0) is 38.5 Å². The van der Waals surface area contributed by atoms with E-state index in [9.17, 15) is 9.59 Å². The molecule has 1 fully saturated rings. The molecule has 0 aromatic carbocycles. The summed E-state index contributed by atoms with van der Waals surface area (Å²) in [6.07, 6.45) is 3.62. The zero-order valence-corrected chi connectivity index (χ0v) is 16.7. The van der Waals surface area contributed by atoms with Crippen molar-refractivity contribution < 1.29 is 9.59 Å². The maximum Gasteiger partial charge on any atom is 0.225 e. The summed E-state index contributed by atoms with van der Waals surface area (Å²) in [5.74, 6) is -0.187. The summed E-state index contributed by atoms with van der Waals surface area (Å²) in [4.78, 5) is 37.1. The number of thiophene rings is 1. The van der Waals surface area contributed by atoms with Gasteiger partial charge in [0.05, 0.1) is 17.1 Å². The molecule has 2 amide bonds. The fourth-order valence-corrected chi connectivity index (χ4v) is 4.08. The highest BCUT2D eigenvalue weighted by atomic mass is 32.1. The molecule has 146 valence electrons. The first-order valence-corrected chi connectivity index (χ1v) is 10.2. The van der Waals surface area contributed by atoms with Crippen molar-refractivity contribution in [1.29, 1.82) is 0 Å². The number of hydrogen-bond donors (Lipinski definition) is 2. The number of carbonyl (C=O) groups is 2. The second-order valence-electron chi connectivity index (χ2n) is 7.15. The number of likely N-dealkylation sites (tertiary alicyclic amines) is 1. The third kappa shape index (κ3) is 5.17. The van der Waals surface area contributed by atoms with E-state index in [1.54, 1.807) is 17.7 Å². The van der Waals surface area contributed by atoms with Crippen LogP contribution >= 0.6 is 11.3 Å². The predicted molar refractivity (Wildman–Crippen MR) is 106 cm³/mol. The van der Waals surface area contributed by atoms with Crippen LogP contribution in [-0.4, -0.2) is 71.9 Å². The van der Waals surface area contributed by atoms with Crippen LogP contribution in [0.3, 0.4) is 0 Å². The van der Waals surface area contributed by atoms with Crippen LogP contribution in [0.15, 0.2) is 23.8 Å². The van der Waals surface area contributed by atoms with Gasteiger partial charge < -0.3 is 20.1 Å². The number of rotatable bonds is 9. The van der Waals surface area contributed by atoms with Gasteiger partial charge in [0.2, 0.25) is 11.8 Å². The van der Waals surface area contributed by atoms with Gasteiger partial charge in [-0.1, -0.05) is 6.07 Å². The maximum atomic E-state index is 12.4. The van der Waals surface area contributed by atoms with E-state index in [1.165, 1.54) is 0 Å². The third-order valence-corrected chi connectivity index (χ3v) is 5.64. The summed E-state index contributed by atoms with van der Waals surface area (Å²) in [5, 5.41) is 5.01. The fraction of sp³-hybridized carbons (Fsp3) is 0.526. The Morgan fingerprint density at radius 1 is 1.48 bits per heavy atom. The molecule has 8 heteroatoms. The minimum Gasteiger partial charge on any atom is -0.355 e. The van der Waals surface area contributed by atoms with E-state index in [0.29, 0.717) is 25.9 Å². The van der Waals surface area contributed by atoms with E-state index in [2.05, 4.69) is 20.2 Å². The highest BCUT2D eigenvalue weighted by molar-refractivity contribution is 7.13. The Morgan fingerprint density at radius 2 is 2.33 bits per heavy atom. The molecule has 2 aromatic heterocycles. The summed E-state index contributed by atoms with van der Waals surface area (Å²) in [6.45, 7) is 2.73. The van der Waals surface area contributed by atoms with Crippen LogP contribution in [0.4, 0.5) is 0 Å². The number of nitrogens with one attached hydrogen (secondary N) is 2. The zero-order chi connectivity index (χ0) is 19.2. The van der Waals surface area contributed by atoms with Crippen LogP contribution < -0.4 is 5.32 Å². The zero-order valence-electron chi connectivity index (χ0n) is 15.9. The van der Waals surface area contributed by atoms with E-state index in [4.69, 9.17) is 0 Å². The Balaban J connectivity index is 1.44. The lowest BCUT2D eigenvalue weighted by molar-refractivity contribution is -0.129. The van der Waals surface area contributed by atoms with E-state index in [1.807, 2.05) is 36.5 Å². The van der Waals surface area contributed by atoms with Gasteiger partial charge in [-0.15, -0.1) is 11.3 Å². The van der Waals surface area contributed by atoms with Gasteiger partial charge in [-0.25, -0.2) is 4.98 Å². The molecule has 0 saturated carbocycles. The normalized spacial score (nSPS) is 17.1. The summed E-state index contributed by atoms with van der Waals surface area (Å²) < 4.78 is 0. The number of carbonyl (C=O) groups excluding carboxylic acids is 2. The molecule has 0 aliphatic carbocycles. The third-order valence-electron chi connectivity index (χ3n) is 4.77. The van der Waals surface area contributed by atoms with Crippen molar-refractivity contribution in [2.75, 3.05) is 40.3 Å². The largest absolute Gasteiger partial charge is 0.355 e. The van der Waals surface area contributed by atoms with Crippen LogP contribution in [-0.2, 0) is 16.0 Å². The van der Waals surface area contributed by atoms with Gasteiger partial charge >= 0.3 is 0 Å². The van der Waals surface area contributed by atoms with Crippen LogP contribution in [0, 0.1) is 5.92 Å².